The molecule has 0 spiro atoms. The van der Waals surface area contributed by atoms with Gasteiger partial charge in [0.2, 0.25) is 0 Å². The molecule has 0 unspecified atom stereocenters. The molecule has 0 aliphatic heterocycles. The summed E-state index contributed by atoms with van der Waals surface area (Å²) < 4.78 is 57.9. The van der Waals surface area contributed by atoms with Gasteiger partial charge >= 0.3 is 0 Å². The number of benzene rings is 4. The minimum Gasteiger partial charge on any atom is -0.205 e. The van der Waals surface area contributed by atoms with Crippen LogP contribution in [0.4, 0.5) is 17.6 Å². The van der Waals surface area contributed by atoms with E-state index in [1.807, 2.05) is 58.9 Å². The highest BCUT2D eigenvalue weighted by Crippen LogP contribution is 2.29. The van der Waals surface area contributed by atoms with Crippen LogP contribution in [0.1, 0.15) is 132 Å². The Morgan fingerprint density at radius 1 is 0.393 bits per heavy atom. The van der Waals surface area contributed by atoms with Crippen molar-refractivity contribution >= 4 is 0 Å². The zero-order valence-corrected chi connectivity index (χ0v) is 34.1. The van der Waals surface area contributed by atoms with Crippen LogP contribution in [0.5, 0.6) is 0 Å². The molecular formula is C52H52F4. The SMILES string of the molecule is Cc1cc(C#Cc2c(F)cc(C#CC3CCC(C)CC3)cc2F)cc(C)c1C.Cc1cc(C)c(C#Cc2c(F)cc(C#CC3CCC(C)CC3)cc2F)c(C)c1. The molecule has 0 aromatic heterocycles. The zero-order chi connectivity index (χ0) is 40.5. The van der Waals surface area contributed by atoms with Crippen molar-refractivity contribution in [3.05, 3.63) is 139 Å². The van der Waals surface area contributed by atoms with Gasteiger partial charge in [0.15, 0.2) is 0 Å². The van der Waals surface area contributed by atoms with Crippen LogP contribution in [-0.4, -0.2) is 0 Å². The average Bonchev–Trinajstić information content (AvgIpc) is 3.13. The van der Waals surface area contributed by atoms with Crippen LogP contribution in [0.2, 0.25) is 0 Å². The van der Waals surface area contributed by atoms with Gasteiger partial charge < -0.3 is 0 Å². The molecule has 4 aromatic carbocycles. The average molecular weight is 753 g/mol. The minimum atomic E-state index is -0.658. The highest BCUT2D eigenvalue weighted by molar-refractivity contribution is 5.53. The van der Waals surface area contributed by atoms with Crippen LogP contribution < -0.4 is 0 Å². The van der Waals surface area contributed by atoms with E-state index < -0.39 is 23.3 Å². The van der Waals surface area contributed by atoms with E-state index in [9.17, 15) is 17.6 Å². The first-order chi connectivity index (χ1) is 26.7. The van der Waals surface area contributed by atoms with Gasteiger partial charge in [0.1, 0.15) is 23.3 Å². The van der Waals surface area contributed by atoms with Crippen molar-refractivity contribution in [2.75, 3.05) is 0 Å². The summed E-state index contributed by atoms with van der Waals surface area (Å²) in [6.45, 7) is 16.5. The molecule has 56 heavy (non-hydrogen) atoms. The number of hydrogen-bond donors (Lipinski definition) is 0. The van der Waals surface area contributed by atoms with E-state index in [0.717, 1.165) is 76.5 Å². The van der Waals surface area contributed by atoms with E-state index in [2.05, 4.69) is 68.1 Å². The van der Waals surface area contributed by atoms with Gasteiger partial charge in [-0.3, -0.25) is 0 Å². The first-order valence-electron chi connectivity index (χ1n) is 19.9. The standard InChI is InChI=1S/2C26H26F2/c1-17-5-7-21(8-6-17)9-10-23-15-25(27)24(26(28)16-23)12-11-22-13-18(2)20(4)19(3)14-22;1-17-5-7-21(8-6-17)9-10-22-15-25(27)24(26(28)16-22)12-11-23-19(3)13-18(2)14-20(23)4/h2*13-17,21H,5-8H2,1-4H3. The van der Waals surface area contributed by atoms with Crippen LogP contribution in [0.3, 0.4) is 0 Å². The van der Waals surface area contributed by atoms with Gasteiger partial charge in [0, 0.05) is 34.1 Å². The summed E-state index contributed by atoms with van der Waals surface area (Å²) in [5.41, 5.74) is 8.54. The lowest BCUT2D eigenvalue weighted by Gasteiger charge is -2.21. The molecule has 2 aliphatic rings. The molecule has 0 bridgehead atoms. The Balaban J connectivity index is 0.000000214. The Hall–Kier alpha value is -5.16. The molecule has 0 heterocycles. The molecule has 288 valence electrons. The summed E-state index contributed by atoms with van der Waals surface area (Å²) in [4.78, 5) is 0. The molecule has 0 atom stereocenters. The van der Waals surface area contributed by atoms with E-state index in [1.165, 1.54) is 55.5 Å². The third-order valence-electron chi connectivity index (χ3n) is 11.2. The minimum absolute atomic E-state index is 0.198. The lowest BCUT2D eigenvalue weighted by atomic mass is 9.83. The second-order valence-electron chi connectivity index (χ2n) is 16.1. The van der Waals surface area contributed by atoms with E-state index in [1.54, 1.807) is 0 Å². The monoisotopic (exact) mass is 752 g/mol. The lowest BCUT2D eigenvalue weighted by molar-refractivity contribution is 0.337. The summed E-state index contributed by atoms with van der Waals surface area (Å²) in [5.74, 6) is 23.0. The lowest BCUT2D eigenvalue weighted by Crippen LogP contribution is -2.10. The Morgan fingerprint density at radius 2 is 0.732 bits per heavy atom. The van der Waals surface area contributed by atoms with Crippen LogP contribution in [0.15, 0.2) is 48.5 Å². The summed E-state index contributed by atoms with van der Waals surface area (Å²) in [7, 11) is 0. The van der Waals surface area contributed by atoms with Gasteiger partial charge in [-0.25, -0.2) is 17.6 Å². The fraction of sp³-hybridized carbons (Fsp3) is 0.385. The molecule has 4 aromatic rings. The van der Waals surface area contributed by atoms with E-state index >= 15 is 0 Å². The molecule has 0 saturated heterocycles. The summed E-state index contributed by atoms with van der Waals surface area (Å²) in [6, 6.07) is 13.1. The molecule has 6 rings (SSSR count). The topological polar surface area (TPSA) is 0 Å². The Kier molecular flexibility index (Phi) is 14.3. The molecule has 0 nitrogen and oxygen atoms in total. The third kappa shape index (κ3) is 11.4. The van der Waals surface area contributed by atoms with Crippen LogP contribution in [0.25, 0.3) is 0 Å². The van der Waals surface area contributed by atoms with Crippen LogP contribution >= 0.6 is 0 Å². The predicted molar refractivity (Wildman–Crippen MR) is 222 cm³/mol. The van der Waals surface area contributed by atoms with Crippen LogP contribution in [-0.2, 0) is 0 Å². The third-order valence-corrected chi connectivity index (χ3v) is 11.2. The van der Waals surface area contributed by atoms with Crippen molar-refractivity contribution in [3.63, 3.8) is 0 Å². The fourth-order valence-corrected chi connectivity index (χ4v) is 7.45. The summed E-state index contributed by atoms with van der Waals surface area (Å²) >= 11 is 0. The second kappa shape index (κ2) is 19.1. The fourth-order valence-electron chi connectivity index (χ4n) is 7.45. The summed E-state index contributed by atoms with van der Waals surface area (Å²) in [5, 5.41) is 0. The van der Waals surface area contributed by atoms with E-state index in [4.69, 9.17) is 0 Å². The van der Waals surface area contributed by atoms with Gasteiger partial charge in [-0.1, -0.05) is 78.9 Å². The largest absolute Gasteiger partial charge is 0.205 e. The van der Waals surface area contributed by atoms with Gasteiger partial charge in [-0.2, -0.15) is 0 Å². The number of rotatable bonds is 0. The van der Waals surface area contributed by atoms with Gasteiger partial charge in [-0.15, -0.1) is 0 Å². The van der Waals surface area contributed by atoms with Crippen molar-refractivity contribution in [3.8, 4) is 47.4 Å². The molecule has 0 amide bonds. The molecule has 4 heteroatoms. The Labute approximate surface area is 332 Å². The smallest absolute Gasteiger partial charge is 0.143 e. The first-order valence-corrected chi connectivity index (χ1v) is 19.9. The molecule has 0 N–H and O–H groups in total. The molecule has 2 fully saturated rings. The molecular weight excluding hydrogens is 701 g/mol. The molecule has 0 radical (unpaired) electrons. The van der Waals surface area contributed by atoms with Crippen molar-refractivity contribution in [2.45, 2.75) is 107 Å². The van der Waals surface area contributed by atoms with E-state index in [-0.39, 0.29) is 11.1 Å². The normalized spacial score (nSPS) is 18.6. The maximum absolute atomic E-state index is 14.5. The van der Waals surface area contributed by atoms with Crippen molar-refractivity contribution < 1.29 is 17.6 Å². The Morgan fingerprint density at radius 3 is 1.12 bits per heavy atom. The maximum Gasteiger partial charge on any atom is 0.143 e. The van der Waals surface area contributed by atoms with E-state index in [0.29, 0.717) is 23.0 Å². The Bertz CT molecular complexity index is 2240. The highest BCUT2D eigenvalue weighted by atomic mass is 19.1. The number of hydrogen-bond acceptors (Lipinski definition) is 0. The first kappa shape index (κ1) is 42.0. The molecule has 2 saturated carbocycles. The van der Waals surface area contributed by atoms with Crippen molar-refractivity contribution in [1.29, 1.82) is 0 Å². The number of halogens is 4. The maximum atomic E-state index is 14.5. The molecule has 2 aliphatic carbocycles. The van der Waals surface area contributed by atoms with Crippen molar-refractivity contribution in [1.82, 2.24) is 0 Å². The quantitative estimate of drug-likeness (QED) is 0.124. The number of aryl methyl sites for hydroxylation is 5. The van der Waals surface area contributed by atoms with Gasteiger partial charge in [0.25, 0.3) is 0 Å². The predicted octanol–water partition coefficient (Wildman–Crippen LogP) is 12.9. The van der Waals surface area contributed by atoms with Crippen LogP contribution in [0, 0.1) is 136 Å². The highest BCUT2D eigenvalue weighted by Gasteiger charge is 2.18. The zero-order valence-electron chi connectivity index (χ0n) is 34.1. The summed E-state index contributed by atoms with van der Waals surface area (Å²) in [6.07, 6.45) is 8.97. The van der Waals surface area contributed by atoms with Gasteiger partial charge in [-0.05, 0) is 169 Å². The second-order valence-corrected chi connectivity index (χ2v) is 16.1. The van der Waals surface area contributed by atoms with Crippen molar-refractivity contribution in [2.24, 2.45) is 23.7 Å². The van der Waals surface area contributed by atoms with Gasteiger partial charge in [0.05, 0.1) is 11.1 Å².